The molecule has 0 aliphatic carbocycles. The van der Waals surface area contributed by atoms with E-state index in [1.165, 1.54) is 11.8 Å². The van der Waals surface area contributed by atoms with E-state index in [2.05, 4.69) is 20.3 Å². The molecule has 0 saturated carbocycles. The van der Waals surface area contributed by atoms with Crippen LogP contribution in [0.1, 0.15) is 10.5 Å². The van der Waals surface area contributed by atoms with Gasteiger partial charge < -0.3 is 14.6 Å². The summed E-state index contributed by atoms with van der Waals surface area (Å²) in [5.74, 6) is 1.99. The van der Waals surface area contributed by atoms with E-state index in [9.17, 15) is 4.79 Å². The fraction of sp³-hybridized carbons (Fsp3) is 0.227. The van der Waals surface area contributed by atoms with Gasteiger partial charge in [0.05, 0.1) is 19.3 Å². The van der Waals surface area contributed by atoms with Gasteiger partial charge in [-0.05, 0) is 48.5 Å². The van der Waals surface area contributed by atoms with Crippen LogP contribution in [-0.4, -0.2) is 54.5 Å². The minimum atomic E-state index is -0.277. The number of aromatic nitrogens is 2. The number of carbonyl (C=O) groups excluding carboxylic acids is 1. The van der Waals surface area contributed by atoms with Crippen molar-refractivity contribution in [1.29, 1.82) is 0 Å². The van der Waals surface area contributed by atoms with E-state index >= 15 is 0 Å². The van der Waals surface area contributed by atoms with Gasteiger partial charge in [0.15, 0.2) is 10.9 Å². The average Bonchev–Trinajstić information content (AvgIpc) is 3.44. The highest BCUT2D eigenvalue weighted by Crippen LogP contribution is 2.29. The number of ether oxygens (including phenoxy) is 1. The normalized spacial score (nSPS) is 13.1. The smallest absolute Gasteiger partial charge is 0.278 e. The predicted molar refractivity (Wildman–Crippen MR) is 123 cm³/mol. The Morgan fingerprint density at radius 1 is 1.10 bits per heavy atom. The molecule has 1 aromatic heterocycles. The predicted octanol–water partition coefficient (Wildman–Crippen LogP) is 3.65. The first-order valence-corrected chi connectivity index (χ1v) is 10.5. The quantitative estimate of drug-likeness (QED) is 0.657. The SMILES string of the molecule is COc1ccc(-c2[nH]c(-c3ccc(N(C)C)cc3)nc2C(=O)NC2=NCCS2)cc1. The largest absolute Gasteiger partial charge is 0.497 e. The van der Waals surface area contributed by atoms with Gasteiger partial charge in [-0.3, -0.25) is 15.1 Å². The Balaban J connectivity index is 1.72. The van der Waals surface area contributed by atoms with Crippen molar-refractivity contribution in [1.82, 2.24) is 15.3 Å². The first-order valence-electron chi connectivity index (χ1n) is 9.56. The summed E-state index contributed by atoms with van der Waals surface area (Å²) in [6.07, 6.45) is 0. The molecule has 4 rings (SSSR count). The fourth-order valence-electron chi connectivity index (χ4n) is 3.13. The molecule has 1 aliphatic heterocycles. The van der Waals surface area contributed by atoms with Crippen LogP contribution < -0.4 is 15.0 Å². The fourth-order valence-corrected chi connectivity index (χ4v) is 3.85. The van der Waals surface area contributed by atoms with Crippen molar-refractivity contribution in [2.24, 2.45) is 4.99 Å². The lowest BCUT2D eigenvalue weighted by molar-refractivity contribution is 0.0974. The molecule has 0 radical (unpaired) electrons. The molecule has 2 N–H and O–H groups in total. The number of nitrogens with one attached hydrogen (secondary N) is 2. The van der Waals surface area contributed by atoms with E-state index in [-0.39, 0.29) is 5.91 Å². The van der Waals surface area contributed by atoms with Gasteiger partial charge in [-0.1, -0.05) is 11.8 Å². The van der Waals surface area contributed by atoms with Gasteiger partial charge >= 0.3 is 0 Å². The maximum atomic E-state index is 13.0. The van der Waals surface area contributed by atoms with Gasteiger partial charge in [0.25, 0.3) is 5.91 Å². The molecule has 154 valence electrons. The summed E-state index contributed by atoms with van der Waals surface area (Å²) in [5.41, 5.74) is 3.84. The van der Waals surface area contributed by atoms with Crippen LogP contribution in [0.2, 0.25) is 0 Å². The van der Waals surface area contributed by atoms with Crippen molar-refractivity contribution in [3.8, 4) is 28.4 Å². The summed E-state index contributed by atoms with van der Waals surface area (Å²) in [7, 11) is 5.62. The second-order valence-electron chi connectivity index (χ2n) is 6.97. The first kappa shape index (κ1) is 20.0. The van der Waals surface area contributed by atoms with Crippen LogP contribution in [0.5, 0.6) is 5.75 Å². The second kappa shape index (κ2) is 8.62. The summed E-state index contributed by atoms with van der Waals surface area (Å²) in [4.78, 5) is 27.3. The molecule has 1 aliphatic rings. The monoisotopic (exact) mass is 421 g/mol. The minimum Gasteiger partial charge on any atom is -0.497 e. The van der Waals surface area contributed by atoms with E-state index in [0.717, 1.165) is 34.9 Å². The van der Waals surface area contributed by atoms with Crippen molar-refractivity contribution in [3.63, 3.8) is 0 Å². The number of methoxy groups -OCH3 is 1. The lowest BCUT2D eigenvalue weighted by atomic mass is 10.1. The van der Waals surface area contributed by atoms with E-state index in [0.29, 0.717) is 22.4 Å². The van der Waals surface area contributed by atoms with Gasteiger partial charge in [0, 0.05) is 36.7 Å². The molecule has 0 atom stereocenters. The maximum absolute atomic E-state index is 13.0. The van der Waals surface area contributed by atoms with Crippen molar-refractivity contribution >= 4 is 28.5 Å². The third-order valence-electron chi connectivity index (χ3n) is 4.76. The maximum Gasteiger partial charge on any atom is 0.278 e. The number of H-pyrrole nitrogens is 1. The van der Waals surface area contributed by atoms with Crippen molar-refractivity contribution in [2.75, 3.05) is 38.4 Å². The summed E-state index contributed by atoms with van der Waals surface area (Å²) >= 11 is 1.54. The Kier molecular flexibility index (Phi) is 5.76. The van der Waals surface area contributed by atoms with Gasteiger partial charge in [0.1, 0.15) is 11.6 Å². The zero-order valence-electron chi connectivity index (χ0n) is 17.1. The molecule has 0 saturated heterocycles. The minimum absolute atomic E-state index is 0.277. The van der Waals surface area contributed by atoms with Crippen LogP contribution in [0.25, 0.3) is 22.6 Å². The Hall–Kier alpha value is -3.26. The first-order chi connectivity index (χ1) is 14.5. The lowest BCUT2D eigenvalue weighted by Gasteiger charge is -2.12. The molecular weight excluding hydrogens is 398 g/mol. The van der Waals surface area contributed by atoms with Crippen LogP contribution in [0, 0.1) is 0 Å². The zero-order valence-corrected chi connectivity index (χ0v) is 17.9. The molecule has 0 spiro atoms. The number of nitrogens with zero attached hydrogens (tertiary/aromatic N) is 3. The molecule has 0 fully saturated rings. The van der Waals surface area contributed by atoms with E-state index < -0.39 is 0 Å². The molecule has 7 nitrogen and oxygen atoms in total. The van der Waals surface area contributed by atoms with Crippen LogP contribution in [0.15, 0.2) is 53.5 Å². The highest BCUT2D eigenvalue weighted by Gasteiger charge is 2.22. The summed E-state index contributed by atoms with van der Waals surface area (Å²) < 4.78 is 5.25. The Bertz CT molecular complexity index is 1070. The lowest BCUT2D eigenvalue weighted by Crippen LogP contribution is -2.28. The number of rotatable bonds is 5. The zero-order chi connectivity index (χ0) is 21.1. The van der Waals surface area contributed by atoms with E-state index in [1.807, 2.05) is 67.5 Å². The topological polar surface area (TPSA) is 82.6 Å². The Morgan fingerprint density at radius 2 is 1.80 bits per heavy atom. The molecule has 0 unspecified atom stereocenters. The number of amidine groups is 1. The number of hydrogen-bond donors (Lipinski definition) is 2. The van der Waals surface area contributed by atoms with Gasteiger partial charge in [-0.25, -0.2) is 4.98 Å². The highest BCUT2D eigenvalue weighted by molar-refractivity contribution is 8.14. The average molecular weight is 422 g/mol. The third-order valence-corrected chi connectivity index (χ3v) is 5.65. The molecule has 2 aromatic carbocycles. The Labute approximate surface area is 179 Å². The van der Waals surface area contributed by atoms with Gasteiger partial charge in [0.2, 0.25) is 0 Å². The molecular formula is C22H23N5O2S. The number of aromatic amines is 1. The number of imidazole rings is 1. The van der Waals surface area contributed by atoms with Gasteiger partial charge in [-0.15, -0.1) is 0 Å². The Morgan fingerprint density at radius 3 is 2.40 bits per heavy atom. The number of aliphatic imine (C=N–C) groups is 1. The van der Waals surface area contributed by atoms with Crippen LogP contribution in [0.4, 0.5) is 5.69 Å². The van der Waals surface area contributed by atoms with Gasteiger partial charge in [-0.2, -0.15) is 0 Å². The standard InChI is InChI=1S/C22H23N5O2S/c1-27(2)16-8-4-15(5-9-16)20-24-18(14-6-10-17(29-3)11-7-14)19(25-20)21(28)26-22-23-12-13-30-22/h4-11H,12-13H2,1-3H3,(H,24,25)(H,23,26,28). The summed E-state index contributed by atoms with van der Waals surface area (Å²) in [5, 5.41) is 3.52. The summed E-state index contributed by atoms with van der Waals surface area (Å²) in [6.45, 7) is 0.718. The van der Waals surface area contributed by atoms with Crippen LogP contribution in [-0.2, 0) is 0 Å². The number of carbonyl (C=O) groups is 1. The number of amides is 1. The van der Waals surface area contributed by atoms with Crippen LogP contribution >= 0.6 is 11.8 Å². The van der Waals surface area contributed by atoms with Crippen molar-refractivity contribution in [3.05, 3.63) is 54.2 Å². The van der Waals surface area contributed by atoms with E-state index in [1.54, 1.807) is 7.11 Å². The number of thioether (sulfide) groups is 1. The van der Waals surface area contributed by atoms with Crippen LogP contribution in [0.3, 0.4) is 0 Å². The third kappa shape index (κ3) is 4.18. The molecule has 2 heterocycles. The second-order valence-corrected chi connectivity index (χ2v) is 8.05. The molecule has 30 heavy (non-hydrogen) atoms. The molecule has 8 heteroatoms. The van der Waals surface area contributed by atoms with Crippen molar-refractivity contribution in [2.45, 2.75) is 0 Å². The summed E-state index contributed by atoms with van der Waals surface area (Å²) in [6, 6.07) is 15.6. The van der Waals surface area contributed by atoms with E-state index in [4.69, 9.17) is 4.74 Å². The molecule has 3 aromatic rings. The number of hydrogen-bond acceptors (Lipinski definition) is 6. The molecule has 0 bridgehead atoms. The van der Waals surface area contributed by atoms with Crippen molar-refractivity contribution < 1.29 is 9.53 Å². The number of anilines is 1. The molecule has 1 amide bonds. The highest BCUT2D eigenvalue weighted by atomic mass is 32.2. The number of benzene rings is 2.